The minimum atomic E-state index is 0.0244. The number of amides is 1. The normalized spacial score (nSPS) is 11.0. The van der Waals surface area contributed by atoms with Crippen LogP contribution in [0.25, 0.3) is 10.8 Å². The van der Waals surface area contributed by atoms with Crippen molar-refractivity contribution in [3.05, 3.63) is 108 Å². The van der Waals surface area contributed by atoms with Crippen LogP contribution >= 0.6 is 0 Å². The summed E-state index contributed by atoms with van der Waals surface area (Å²) in [6.45, 7) is 2.35. The molecule has 0 atom stereocenters. The van der Waals surface area contributed by atoms with Crippen LogP contribution in [0.5, 0.6) is 0 Å². The van der Waals surface area contributed by atoms with Gasteiger partial charge in [-0.3, -0.25) is 4.79 Å². The fourth-order valence-electron chi connectivity index (χ4n) is 3.76. The van der Waals surface area contributed by atoms with Gasteiger partial charge in [0.25, 0.3) is 5.91 Å². The molecule has 0 saturated heterocycles. The Kier molecular flexibility index (Phi) is 6.26. The second-order valence-electron chi connectivity index (χ2n) is 7.36. The highest BCUT2D eigenvalue weighted by Crippen LogP contribution is 2.21. The van der Waals surface area contributed by atoms with Crippen LogP contribution in [0.4, 0.5) is 0 Å². The summed E-state index contributed by atoms with van der Waals surface area (Å²) in [5, 5.41) is 2.05. The molecule has 152 valence electrons. The minimum absolute atomic E-state index is 0.0244. The highest BCUT2D eigenvalue weighted by atomic mass is 16.5. The SMILES string of the molecule is COCCN(Cc1cccn1Cc1ccccc1)C(=O)c1cccc2ccccc12. The third-order valence-electron chi connectivity index (χ3n) is 5.34. The van der Waals surface area contributed by atoms with Gasteiger partial charge in [-0.15, -0.1) is 0 Å². The van der Waals surface area contributed by atoms with Crippen molar-refractivity contribution in [3.8, 4) is 0 Å². The third-order valence-corrected chi connectivity index (χ3v) is 5.34. The number of rotatable bonds is 8. The van der Waals surface area contributed by atoms with Gasteiger partial charge in [0.05, 0.1) is 13.2 Å². The van der Waals surface area contributed by atoms with E-state index >= 15 is 0 Å². The van der Waals surface area contributed by atoms with Gasteiger partial charge in [-0.05, 0) is 34.5 Å². The van der Waals surface area contributed by atoms with Gasteiger partial charge in [0.2, 0.25) is 0 Å². The zero-order chi connectivity index (χ0) is 20.8. The Hall–Kier alpha value is -3.37. The highest BCUT2D eigenvalue weighted by molar-refractivity contribution is 6.07. The first-order valence-electron chi connectivity index (χ1n) is 10.2. The molecule has 0 aliphatic carbocycles. The van der Waals surface area contributed by atoms with Crippen LogP contribution in [0.3, 0.4) is 0 Å². The van der Waals surface area contributed by atoms with Crippen molar-refractivity contribution in [2.75, 3.05) is 20.3 Å². The Morgan fingerprint density at radius 2 is 1.67 bits per heavy atom. The van der Waals surface area contributed by atoms with Gasteiger partial charge in [-0.1, -0.05) is 66.7 Å². The van der Waals surface area contributed by atoms with E-state index in [2.05, 4.69) is 29.0 Å². The minimum Gasteiger partial charge on any atom is -0.383 e. The van der Waals surface area contributed by atoms with Crippen molar-refractivity contribution in [2.24, 2.45) is 0 Å². The standard InChI is InChI=1S/C26H26N2O2/c1-30-18-17-28(26(29)25-15-7-12-22-11-5-6-14-24(22)25)20-23-13-8-16-27(23)19-21-9-3-2-4-10-21/h2-16H,17-20H2,1H3. The lowest BCUT2D eigenvalue weighted by atomic mass is 10.0. The summed E-state index contributed by atoms with van der Waals surface area (Å²) < 4.78 is 7.49. The Morgan fingerprint density at radius 1 is 0.900 bits per heavy atom. The van der Waals surface area contributed by atoms with Crippen LogP contribution in [0.2, 0.25) is 0 Å². The van der Waals surface area contributed by atoms with Crippen molar-refractivity contribution in [1.29, 1.82) is 0 Å². The quantitative estimate of drug-likeness (QED) is 0.420. The molecule has 4 rings (SSSR count). The molecule has 30 heavy (non-hydrogen) atoms. The Labute approximate surface area is 177 Å². The summed E-state index contributed by atoms with van der Waals surface area (Å²) >= 11 is 0. The molecule has 0 fully saturated rings. The van der Waals surface area contributed by atoms with Crippen molar-refractivity contribution in [3.63, 3.8) is 0 Å². The van der Waals surface area contributed by atoms with Crippen LogP contribution in [0.1, 0.15) is 21.6 Å². The first-order valence-corrected chi connectivity index (χ1v) is 10.2. The van der Waals surface area contributed by atoms with Gasteiger partial charge in [-0.2, -0.15) is 0 Å². The Balaban J connectivity index is 1.61. The largest absolute Gasteiger partial charge is 0.383 e. The van der Waals surface area contributed by atoms with E-state index in [1.807, 2.05) is 71.6 Å². The number of ether oxygens (including phenoxy) is 1. The number of nitrogens with zero attached hydrogens (tertiary/aromatic N) is 2. The van der Waals surface area contributed by atoms with Crippen molar-refractivity contribution >= 4 is 16.7 Å². The average molecular weight is 399 g/mol. The molecule has 4 aromatic rings. The monoisotopic (exact) mass is 398 g/mol. The number of aromatic nitrogens is 1. The zero-order valence-electron chi connectivity index (χ0n) is 17.2. The van der Waals surface area contributed by atoms with Crippen molar-refractivity contribution in [2.45, 2.75) is 13.1 Å². The number of carbonyl (C=O) groups is 1. The summed E-state index contributed by atoms with van der Waals surface area (Å²) in [7, 11) is 1.67. The van der Waals surface area contributed by atoms with E-state index in [1.54, 1.807) is 7.11 Å². The van der Waals surface area contributed by atoms with Gasteiger partial charge >= 0.3 is 0 Å². The molecular weight excluding hydrogens is 372 g/mol. The molecule has 0 spiro atoms. The average Bonchev–Trinajstić information content (AvgIpc) is 3.23. The maximum Gasteiger partial charge on any atom is 0.254 e. The second kappa shape index (κ2) is 9.42. The second-order valence-corrected chi connectivity index (χ2v) is 7.36. The van der Waals surface area contributed by atoms with E-state index in [4.69, 9.17) is 4.74 Å². The predicted octanol–water partition coefficient (Wildman–Crippen LogP) is 4.98. The molecule has 4 nitrogen and oxygen atoms in total. The van der Waals surface area contributed by atoms with Crippen molar-refractivity contribution < 1.29 is 9.53 Å². The van der Waals surface area contributed by atoms with Crippen LogP contribution in [0.15, 0.2) is 91.1 Å². The third kappa shape index (κ3) is 4.44. The zero-order valence-corrected chi connectivity index (χ0v) is 17.2. The maximum absolute atomic E-state index is 13.5. The molecular formula is C26H26N2O2. The van der Waals surface area contributed by atoms with Gasteiger partial charge in [-0.25, -0.2) is 0 Å². The van der Waals surface area contributed by atoms with E-state index in [1.165, 1.54) is 5.56 Å². The maximum atomic E-state index is 13.5. The highest BCUT2D eigenvalue weighted by Gasteiger charge is 2.19. The van der Waals surface area contributed by atoms with Crippen molar-refractivity contribution in [1.82, 2.24) is 9.47 Å². The summed E-state index contributed by atoms with van der Waals surface area (Å²) in [6, 6.07) is 28.4. The fourth-order valence-corrected chi connectivity index (χ4v) is 3.76. The molecule has 0 bridgehead atoms. The van der Waals surface area contributed by atoms with E-state index in [-0.39, 0.29) is 5.91 Å². The summed E-state index contributed by atoms with van der Waals surface area (Å²) in [4.78, 5) is 15.4. The smallest absolute Gasteiger partial charge is 0.254 e. The molecule has 3 aromatic carbocycles. The first kappa shape index (κ1) is 19.9. The van der Waals surface area contributed by atoms with E-state index in [9.17, 15) is 4.79 Å². The molecule has 0 unspecified atom stereocenters. The van der Waals surface area contributed by atoms with Gasteiger partial charge < -0.3 is 14.2 Å². The van der Waals surface area contributed by atoms with Gasteiger partial charge in [0.1, 0.15) is 0 Å². The predicted molar refractivity (Wildman–Crippen MR) is 121 cm³/mol. The molecule has 0 radical (unpaired) electrons. The van der Waals surface area contributed by atoms with Crippen LogP contribution in [-0.4, -0.2) is 35.6 Å². The molecule has 1 aromatic heterocycles. The number of hydrogen-bond acceptors (Lipinski definition) is 2. The summed E-state index contributed by atoms with van der Waals surface area (Å²) in [6.07, 6.45) is 2.07. The Morgan fingerprint density at radius 3 is 2.50 bits per heavy atom. The number of methoxy groups -OCH3 is 1. The molecule has 0 N–H and O–H groups in total. The molecule has 0 aliphatic rings. The van der Waals surface area contributed by atoms with Gasteiger partial charge in [0.15, 0.2) is 0 Å². The van der Waals surface area contributed by atoms with Crippen LogP contribution in [-0.2, 0) is 17.8 Å². The molecule has 1 heterocycles. The number of benzene rings is 3. The fraction of sp³-hybridized carbons (Fsp3) is 0.192. The molecule has 0 saturated carbocycles. The first-order chi connectivity index (χ1) is 14.8. The summed E-state index contributed by atoms with van der Waals surface area (Å²) in [5.74, 6) is 0.0244. The molecule has 4 heteroatoms. The number of hydrogen-bond donors (Lipinski definition) is 0. The van der Waals surface area contributed by atoms with Gasteiger partial charge in [0, 0.05) is 37.7 Å². The Bertz CT molecular complexity index is 1110. The lowest BCUT2D eigenvalue weighted by molar-refractivity contribution is 0.0678. The summed E-state index contributed by atoms with van der Waals surface area (Å²) in [5.41, 5.74) is 3.06. The number of fused-ring (bicyclic) bond motifs is 1. The van der Waals surface area contributed by atoms with E-state index < -0.39 is 0 Å². The van der Waals surface area contributed by atoms with Crippen LogP contribution in [0, 0.1) is 0 Å². The molecule has 0 aliphatic heterocycles. The number of carbonyl (C=O) groups excluding carboxylic acids is 1. The molecule has 1 amide bonds. The topological polar surface area (TPSA) is 34.5 Å². The van der Waals surface area contributed by atoms with E-state index in [0.29, 0.717) is 19.7 Å². The van der Waals surface area contributed by atoms with E-state index in [0.717, 1.165) is 28.6 Å². The lowest BCUT2D eigenvalue weighted by Gasteiger charge is -2.24. The lowest BCUT2D eigenvalue weighted by Crippen LogP contribution is -2.34. The van der Waals surface area contributed by atoms with Crippen LogP contribution < -0.4 is 0 Å².